The molecule has 0 bridgehead atoms. The maximum Gasteiger partial charge on any atom is 0.123 e. The van der Waals surface area contributed by atoms with Gasteiger partial charge in [-0.15, -0.1) is 11.8 Å². The van der Waals surface area contributed by atoms with Crippen LogP contribution in [0.25, 0.3) is 0 Å². The first-order valence-electron chi connectivity index (χ1n) is 9.67. The van der Waals surface area contributed by atoms with Crippen molar-refractivity contribution in [3.8, 4) is 11.5 Å². The van der Waals surface area contributed by atoms with Gasteiger partial charge in [-0.25, -0.2) is 0 Å². The van der Waals surface area contributed by atoms with Crippen LogP contribution in [-0.2, 0) is 6.42 Å². The zero-order valence-electron chi connectivity index (χ0n) is 16.9. The van der Waals surface area contributed by atoms with Gasteiger partial charge in [0.25, 0.3) is 0 Å². The largest absolute Gasteiger partial charge is 0.496 e. The van der Waals surface area contributed by atoms with Gasteiger partial charge < -0.3 is 14.6 Å². The topological polar surface area (TPSA) is 38.7 Å². The van der Waals surface area contributed by atoms with Crippen molar-refractivity contribution in [2.45, 2.75) is 50.7 Å². The maximum atomic E-state index is 10.7. The molecule has 1 heterocycles. The van der Waals surface area contributed by atoms with E-state index in [-0.39, 0.29) is 17.3 Å². The zero-order chi connectivity index (χ0) is 19.6. The second kappa shape index (κ2) is 8.57. The van der Waals surface area contributed by atoms with Gasteiger partial charge in [0.2, 0.25) is 0 Å². The molecule has 2 aromatic carbocycles. The predicted octanol–water partition coefficient (Wildman–Crippen LogP) is 5.17. The average molecular weight is 387 g/mol. The van der Waals surface area contributed by atoms with E-state index in [2.05, 4.69) is 45.0 Å². The lowest BCUT2D eigenvalue weighted by Crippen LogP contribution is -2.20. The summed E-state index contributed by atoms with van der Waals surface area (Å²) in [4.78, 5) is 0. The van der Waals surface area contributed by atoms with Crippen LogP contribution < -0.4 is 9.47 Å². The van der Waals surface area contributed by atoms with E-state index < -0.39 is 0 Å². The highest BCUT2D eigenvalue weighted by molar-refractivity contribution is 8.00. The highest BCUT2D eigenvalue weighted by atomic mass is 32.2. The normalized spacial score (nSPS) is 24.8. The van der Waals surface area contributed by atoms with Crippen molar-refractivity contribution in [2.24, 2.45) is 5.92 Å². The van der Waals surface area contributed by atoms with E-state index in [4.69, 9.17) is 9.47 Å². The summed E-state index contributed by atoms with van der Waals surface area (Å²) in [5.74, 6) is 2.06. The fourth-order valence-corrected chi connectivity index (χ4v) is 5.28. The standard InChI is InChI=1S/C23H30O3S/c1-6-26-19-9-7-17(8-10-19)12-18-13-20(21(25-5)11-14(18)2)23-22(24)15(3)16(4)27-23/h7-11,13,15-16,22-24H,6,12H2,1-5H3. The number of aliphatic hydroxyl groups excluding tert-OH is 1. The first-order chi connectivity index (χ1) is 12.9. The molecule has 1 aliphatic heterocycles. The van der Waals surface area contributed by atoms with Gasteiger partial charge in [-0.2, -0.15) is 0 Å². The average Bonchev–Trinajstić information content (AvgIpc) is 2.92. The zero-order valence-corrected chi connectivity index (χ0v) is 17.7. The predicted molar refractivity (Wildman–Crippen MR) is 113 cm³/mol. The van der Waals surface area contributed by atoms with E-state index in [1.54, 1.807) is 7.11 Å². The molecule has 1 saturated heterocycles. The molecule has 0 radical (unpaired) electrons. The third-order valence-electron chi connectivity index (χ3n) is 5.57. The van der Waals surface area contributed by atoms with E-state index in [0.29, 0.717) is 11.9 Å². The van der Waals surface area contributed by atoms with Crippen molar-refractivity contribution in [3.63, 3.8) is 0 Å². The Bertz CT molecular complexity index is 772. The summed E-state index contributed by atoms with van der Waals surface area (Å²) in [7, 11) is 1.71. The number of aryl methyl sites for hydroxylation is 1. The maximum absolute atomic E-state index is 10.7. The molecule has 3 nitrogen and oxygen atoms in total. The number of thioether (sulfide) groups is 1. The first kappa shape index (κ1) is 20.1. The Morgan fingerprint density at radius 1 is 1.11 bits per heavy atom. The Morgan fingerprint density at radius 2 is 1.81 bits per heavy atom. The molecule has 27 heavy (non-hydrogen) atoms. The summed E-state index contributed by atoms with van der Waals surface area (Å²) in [5, 5.41) is 11.2. The second-order valence-corrected chi connectivity index (χ2v) is 8.91. The van der Waals surface area contributed by atoms with Crippen molar-refractivity contribution in [1.29, 1.82) is 0 Å². The van der Waals surface area contributed by atoms with Gasteiger partial charge in [0, 0.05) is 10.8 Å². The molecule has 0 aromatic heterocycles. The highest BCUT2D eigenvalue weighted by Crippen LogP contribution is 2.50. The molecule has 0 saturated carbocycles. The molecule has 0 spiro atoms. The molecule has 3 rings (SSSR count). The summed E-state index contributed by atoms with van der Waals surface area (Å²) in [6.07, 6.45) is 0.508. The van der Waals surface area contributed by atoms with Crippen molar-refractivity contribution < 1.29 is 14.6 Å². The van der Waals surface area contributed by atoms with Crippen LogP contribution in [0.3, 0.4) is 0 Å². The summed E-state index contributed by atoms with van der Waals surface area (Å²) in [6.45, 7) is 9.12. The van der Waals surface area contributed by atoms with Gasteiger partial charge in [0.05, 0.1) is 25.1 Å². The lowest BCUT2D eigenvalue weighted by Gasteiger charge is -2.21. The van der Waals surface area contributed by atoms with Crippen molar-refractivity contribution in [2.75, 3.05) is 13.7 Å². The van der Waals surface area contributed by atoms with Gasteiger partial charge in [-0.05, 0) is 61.1 Å². The number of ether oxygens (including phenoxy) is 2. The molecule has 1 aliphatic rings. The lowest BCUT2D eigenvalue weighted by molar-refractivity contribution is 0.125. The Kier molecular flexibility index (Phi) is 6.38. The summed E-state index contributed by atoms with van der Waals surface area (Å²) < 4.78 is 11.2. The SMILES string of the molecule is CCOc1ccc(Cc2cc(C3SC(C)C(C)C3O)c(OC)cc2C)cc1. The fourth-order valence-electron chi connectivity index (χ4n) is 3.67. The Hall–Kier alpha value is -1.65. The summed E-state index contributed by atoms with van der Waals surface area (Å²) in [6, 6.07) is 12.6. The molecular weight excluding hydrogens is 356 g/mol. The van der Waals surface area contributed by atoms with Crippen LogP contribution in [0.5, 0.6) is 11.5 Å². The van der Waals surface area contributed by atoms with Gasteiger partial charge in [-0.1, -0.05) is 32.0 Å². The molecule has 4 atom stereocenters. The molecule has 2 aromatic rings. The van der Waals surface area contributed by atoms with Crippen LogP contribution >= 0.6 is 11.8 Å². The number of hydrogen-bond donors (Lipinski definition) is 1. The number of aliphatic hydroxyl groups is 1. The number of benzene rings is 2. The van der Waals surface area contributed by atoms with Crippen LogP contribution in [-0.4, -0.2) is 30.2 Å². The Morgan fingerprint density at radius 3 is 2.37 bits per heavy atom. The van der Waals surface area contributed by atoms with Crippen LogP contribution in [0.15, 0.2) is 36.4 Å². The van der Waals surface area contributed by atoms with Gasteiger partial charge in [0.1, 0.15) is 11.5 Å². The van der Waals surface area contributed by atoms with Crippen LogP contribution in [0.2, 0.25) is 0 Å². The smallest absolute Gasteiger partial charge is 0.123 e. The second-order valence-electron chi connectivity index (χ2n) is 7.39. The molecule has 4 heteroatoms. The lowest BCUT2D eigenvalue weighted by atomic mass is 9.91. The highest BCUT2D eigenvalue weighted by Gasteiger charge is 2.40. The van der Waals surface area contributed by atoms with Gasteiger partial charge in [-0.3, -0.25) is 0 Å². The monoisotopic (exact) mass is 386 g/mol. The third-order valence-corrected chi connectivity index (χ3v) is 7.26. The molecule has 1 fully saturated rings. The molecular formula is C23H30O3S. The Labute approximate surface area is 167 Å². The quantitative estimate of drug-likeness (QED) is 0.744. The minimum atomic E-state index is -0.347. The summed E-state index contributed by atoms with van der Waals surface area (Å²) >= 11 is 1.85. The third kappa shape index (κ3) is 4.27. The van der Waals surface area contributed by atoms with Crippen molar-refractivity contribution >= 4 is 11.8 Å². The Balaban J connectivity index is 1.90. The van der Waals surface area contributed by atoms with Gasteiger partial charge in [0.15, 0.2) is 0 Å². The van der Waals surface area contributed by atoms with E-state index in [1.807, 2.05) is 30.8 Å². The van der Waals surface area contributed by atoms with Crippen LogP contribution in [0.4, 0.5) is 0 Å². The van der Waals surface area contributed by atoms with E-state index >= 15 is 0 Å². The number of methoxy groups -OCH3 is 1. The van der Waals surface area contributed by atoms with Gasteiger partial charge >= 0.3 is 0 Å². The van der Waals surface area contributed by atoms with Crippen LogP contribution in [0.1, 0.15) is 48.3 Å². The first-order valence-corrected chi connectivity index (χ1v) is 10.6. The number of hydrogen-bond acceptors (Lipinski definition) is 4. The molecule has 146 valence electrons. The van der Waals surface area contributed by atoms with E-state index in [1.165, 1.54) is 16.7 Å². The minimum Gasteiger partial charge on any atom is -0.496 e. The molecule has 0 amide bonds. The molecule has 4 unspecified atom stereocenters. The van der Waals surface area contributed by atoms with E-state index in [9.17, 15) is 5.11 Å². The number of rotatable bonds is 6. The van der Waals surface area contributed by atoms with E-state index in [0.717, 1.165) is 23.5 Å². The van der Waals surface area contributed by atoms with Crippen LogP contribution in [0, 0.1) is 12.8 Å². The fraction of sp³-hybridized carbons (Fsp3) is 0.478. The minimum absolute atomic E-state index is 0.0598. The van der Waals surface area contributed by atoms with Crippen molar-refractivity contribution in [3.05, 3.63) is 58.7 Å². The summed E-state index contributed by atoms with van der Waals surface area (Å²) in [5.41, 5.74) is 4.84. The molecule has 0 aliphatic carbocycles. The molecule has 1 N–H and O–H groups in total. The van der Waals surface area contributed by atoms with Crippen molar-refractivity contribution in [1.82, 2.24) is 0 Å².